The summed E-state index contributed by atoms with van der Waals surface area (Å²) in [6, 6.07) is 9.66. The third kappa shape index (κ3) is 4.55. The first-order valence-electron chi connectivity index (χ1n) is 8.71. The van der Waals surface area contributed by atoms with Gasteiger partial charge in [0, 0.05) is 49.5 Å². The molecule has 0 unspecified atom stereocenters. The average molecular weight is 388 g/mol. The molecule has 4 N–H and O–H groups in total. The van der Waals surface area contributed by atoms with Gasteiger partial charge in [0.25, 0.3) is 0 Å². The second-order valence-electron chi connectivity index (χ2n) is 6.53. The Morgan fingerprint density at radius 1 is 1.19 bits per heavy atom. The highest BCUT2D eigenvalue weighted by molar-refractivity contribution is 7.89. The third-order valence-electron chi connectivity index (χ3n) is 4.34. The Bertz CT molecular complexity index is 1020. The lowest BCUT2D eigenvalue weighted by atomic mass is 10.1. The molecule has 0 saturated heterocycles. The number of benzene rings is 1. The van der Waals surface area contributed by atoms with Crippen LogP contribution in [0.4, 0.5) is 11.5 Å². The Hall–Kier alpha value is -2.65. The Morgan fingerprint density at radius 2 is 2.00 bits per heavy atom. The third-order valence-corrected chi connectivity index (χ3v) is 6.26. The fourth-order valence-corrected chi connectivity index (χ4v) is 3.73. The van der Waals surface area contributed by atoms with E-state index in [1.54, 1.807) is 26.4 Å². The minimum atomic E-state index is -3.14. The number of pyridine rings is 1. The number of nitrogens with one attached hydrogen (secondary N) is 2. The van der Waals surface area contributed by atoms with Gasteiger partial charge in [0.2, 0.25) is 10.0 Å². The Balaban J connectivity index is 1.69. The number of sulfonamides is 1. The molecule has 0 fully saturated rings. The number of aromatic amines is 1. The zero-order chi connectivity index (χ0) is 19.4. The maximum Gasteiger partial charge on any atom is 0.213 e. The summed E-state index contributed by atoms with van der Waals surface area (Å²) in [4.78, 5) is 4.42. The van der Waals surface area contributed by atoms with Crippen molar-refractivity contribution < 1.29 is 8.42 Å². The van der Waals surface area contributed by atoms with E-state index >= 15 is 0 Å². The van der Waals surface area contributed by atoms with Crippen molar-refractivity contribution in [3.05, 3.63) is 36.5 Å². The van der Waals surface area contributed by atoms with E-state index in [1.807, 2.05) is 24.3 Å². The van der Waals surface area contributed by atoms with Gasteiger partial charge >= 0.3 is 0 Å². The van der Waals surface area contributed by atoms with Crippen molar-refractivity contribution in [2.45, 2.75) is 12.8 Å². The van der Waals surface area contributed by atoms with Gasteiger partial charge in [-0.05, 0) is 25.0 Å². The van der Waals surface area contributed by atoms with Gasteiger partial charge in [-0.2, -0.15) is 5.10 Å². The van der Waals surface area contributed by atoms with Crippen LogP contribution >= 0.6 is 0 Å². The first-order valence-corrected chi connectivity index (χ1v) is 10.3. The van der Waals surface area contributed by atoms with E-state index in [2.05, 4.69) is 20.5 Å². The fraction of sp³-hybridized carbons (Fsp3) is 0.333. The molecular weight excluding hydrogens is 364 g/mol. The summed E-state index contributed by atoms with van der Waals surface area (Å²) in [5.41, 5.74) is 9.54. The molecule has 1 aromatic carbocycles. The van der Waals surface area contributed by atoms with Gasteiger partial charge in [-0.1, -0.05) is 12.1 Å². The standard InChI is InChI=1S/C18H24N6O2S/c1-24(2)27(25,26)10-4-3-8-20-16-12-18(19)22-17-11-13(5-6-14(16)17)15-7-9-21-23-15/h5-7,9,11-12H,3-4,8,10H2,1-2H3,(H,21,23)(H3,19,20,22). The minimum Gasteiger partial charge on any atom is -0.384 e. The largest absolute Gasteiger partial charge is 0.384 e. The van der Waals surface area contributed by atoms with Gasteiger partial charge in [-0.15, -0.1) is 0 Å². The molecule has 9 heteroatoms. The number of hydrogen-bond donors (Lipinski definition) is 3. The lowest BCUT2D eigenvalue weighted by Crippen LogP contribution is -2.25. The van der Waals surface area contributed by atoms with Gasteiger partial charge < -0.3 is 11.1 Å². The monoisotopic (exact) mass is 388 g/mol. The highest BCUT2D eigenvalue weighted by Crippen LogP contribution is 2.28. The number of nitrogens with zero attached hydrogens (tertiary/aromatic N) is 3. The van der Waals surface area contributed by atoms with Crippen molar-refractivity contribution in [3.63, 3.8) is 0 Å². The van der Waals surface area contributed by atoms with E-state index in [1.165, 1.54) is 4.31 Å². The SMILES string of the molecule is CN(C)S(=O)(=O)CCCCNc1cc(N)nc2cc(-c3ccn[nH]3)ccc12. The van der Waals surface area contributed by atoms with Crippen LogP contribution in [0.2, 0.25) is 0 Å². The summed E-state index contributed by atoms with van der Waals surface area (Å²) in [6.45, 7) is 0.657. The van der Waals surface area contributed by atoms with Crippen LogP contribution in [0.3, 0.4) is 0 Å². The fourth-order valence-electron chi connectivity index (χ4n) is 2.79. The summed E-state index contributed by atoms with van der Waals surface area (Å²) in [5.74, 6) is 0.580. The molecule has 0 spiro atoms. The zero-order valence-corrected chi connectivity index (χ0v) is 16.3. The first kappa shape index (κ1) is 19.1. The van der Waals surface area contributed by atoms with Gasteiger partial charge in [0.15, 0.2) is 0 Å². The molecule has 2 heterocycles. The number of hydrogen-bond acceptors (Lipinski definition) is 6. The van der Waals surface area contributed by atoms with Crippen molar-refractivity contribution in [1.29, 1.82) is 0 Å². The van der Waals surface area contributed by atoms with E-state index in [-0.39, 0.29) is 5.75 Å². The highest BCUT2D eigenvalue weighted by Gasteiger charge is 2.12. The highest BCUT2D eigenvalue weighted by atomic mass is 32.2. The summed E-state index contributed by atoms with van der Waals surface area (Å²) in [7, 11) is -0.0384. The molecule has 0 aliphatic rings. The molecule has 0 bridgehead atoms. The van der Waals surface area contributed by atoms with Crippen LogP contribution < -0.4 is 11.1 Å². The van der Waals surface area contributed by atoms with Crippen molar-refractivity contribution in [2.24, 2.45) is 0 Å². The summed E-state index contributed by atoms with van der Waals surface area (Å²) < 4.78 is 24.8. The molecule has 0 radical (unpaired) electrons. The van der Waals surface area contributed by atoms with Crippen LogP contribution in [0.25, 0.3) is 22.2 Å². The Kier molecular flexibility index (Phi) is 5.62. The molecule has 2 aromatic heterocycles. The zero-order valence-electron chi connectivity index (χ0n) is 15.4. The number of anilines is 2. The van der Waals surface area contributed by atoms with E-state index in [4.69, 9.17) is 5.73 Å². The molecule has 0 atom stereocenters. The topological polar surface area (TPSA) is 117 Å². The van der Waals surface area contributed by atoms with Crippen LogP contribution in [-0.2, 0) is 10.0 Å². The van der Waals surface area contributed by atoms with Crippen molar-refractivity contribution in [2.75, 3.05) is 37.4 Å². The quantitative estimate of drug-likeness (QED) is 0.510. The van der Waals surface area contributed by atoms with Crippen molar-refractivity contribution in [1.82, 2.24) is 19.5 Å². The number of H-pyrrole nitrogens is 1. The maximum absolute atomic E-state index is 11.8. The lowest BCUT2D eigenvalue weighted by Gasteiger charge is -2.13. The predicted octanol–water partition coefficient (Wildman–Crippen LogP) is 2.29. The summed E-state index contributed by atoms with van der Waals surface area (Å²) in [6.07, 6.45) is 3.04. The molecule has 144 valence electrons. The van der Waals surface area contributed by atoms with Crippen molar-refractivity contribution in [3.8, 4) is 11.3 Å². The van der Waals surface area contributed by atoms with Crippen LogP contribution in [0.15, 0.2) is 36.5 Å². The van der Waals surface area contributed by atoms with Crippen LogP contribution in [-0.4, -0.2) is 54.3 Å². The molecule has 0 aliphatic carbocycles. The number of unbranched alkanes of at least 4 members (excludes halogenated alkanes) is 1. The molecule has 0 amide bonds. The smallest absolute Gasteiger partial charge is 0.213 e. The summed E-state index contributed by atoms with van der Waals surface area (Å²) >= 11 is 0. The van der Waals surface area contributed by atoms with E-state index in [9.17, 15) is 8.42 Å². The number of rotatable bonds is 8. The number of nitrogen functional groups attached to an aromatic ring is 1. The van der Waals surface area contributed by atoms with E-state index < -0.39 is 10.0 Å². The van der Waals surface area contributed by atoms with Crippen molar-refractivity contribution >= 4 is 32.4 Å². The second kappa shape index (κ2) is 7.93. The molecule has 8 nitrogen and oxygen atoms in total. The molecule has 0 saturated carbocycles. The Labute approximate surface area is 158 Å². The van der Waals surface area contributed by atoms with Gasteiger partial charge in [0.05, 0.1) is 17.0 Å². The predicted molar refractivity (Wildman–Crippen MR) is 109 cm³/mol. The van der Waals surface area contributed by atoms with Gasteiger partial charge in [-0.25, -0.2) is 17.7 Å². The maximum atomic E-state index is 11.8. The molecular formula is C18H24N6O2S. The number of fused-ring (bicyclic) bond motifs is 1. The van der Waals surface area contributed by atoms with Crippen LogP contribution in [0.5, 0.6) is 0 Å². The molecule has 27 heavy (non-hydrogen) atoms. The van der Waals surface area contributed by atoms with Crippen LogP contribution in [0, 0.1) is 0 Å². The molecule has 3 aromatic rings. The average Bonchev–Trinajstić information content (AvgIpc) is 3.15. The van der Waals surface area contributed by atoms with Gasteiger partial charge in [-0.3, -0.25) is 5.10 Å². The lowest BCUT2D eigenvalue weighted by molar-refractivity contribution is 0.517. The second-order valence-corrected chi connectivity index (χ2v) is 8.83. The van der Waals surface area contributed by atoms with E-state index in [0.29, 0.717) is 18.8 Å². The van der Waals surface area contributed by atoms with Gasteiger partial charge in [0.1, 0.15) is 5.82 Å². The molecule has 3 rings (SSSR count). The summed E-state index contributed by atoms with van der Waals surface area (Å²) in [5, 5.41) is 11.2. The van der Waals surface area contributed by atoms with Crippen LogP contribution in [0.1, 0.15) is 12.8 Å². The number of nitrogens with two attached hydrogens (primary N) is 1. The Morgan fingerprint density at radius 3 is 2.70 bits per heavy atom. The number of aromatic nitrogens is 3. The molecule has 0 aliphatic heterocycles. The minimum absolute atomic E-state index is 0.147. The normalized spacial score (nSPS) is 12.0. The first-order chi connectivity index (χ1) is 12.9. The van der Waals surface area contributed by atoms with E-state index in [0.717, 1.165) is 34.3 Å².